The molecule has 24 heavy (non-hydrogen) atoms. The number of nitro groups is 1. The van der Waals surface area contributed by atoms with Gasteiger partial charge in [-0.25, -0.2) is 0 Å². The Labute approximate surface area is 144 Å². The van der Waals surface area contributed by atoms with Crippen molar-refractivity contribution in [1.29, 1.82) is 0 Å². The fourth-order valence-corrected chi connectivity index (χ4v) is 3.06. The van der Waals surface area contributed by atoms with Gasteiger partial charge in [0.2, 0.25) is 0 Å². The monoisotopic (exact) mass is 345 g/mol. The van der Waals surface area contributed by atoms with Gasteiger partial charge in [0.25, 0.3) is 11.6 Å². The molecule has 1 aliphatic rings. The third-order valence-electron chi connectivity index (χ3n) is 3.97. The first-order valence-corrected chi connectivity index (χ1v) is 8.03. The molecular formula is C17H16ClN3O3. The highest BCUT2D eigenvalue weighted by atomic mass is 35.5. The molecule has 0 saturated carbocycles. The predicted octanol–water partition coefficient (Wildman–Crippen LogP) is 4.10. The van der Waals surface area contributed by atoms with Crippen LogP contribution in [-0.2, 0) is 0 Å². The summed E-state index contributed by atoms with van der Waals surface area (Å²) in [4.78, 5) is 24.7. The number of amides is 1. The minimum atomic E-state index is -0.529. The van der Waals surface area contributed by atoms with Gasteiger partial charge < -0.3 is 10.2 Å². The summed E-state index contributed by atoms with van der Waals surface area (Å²) in [5.74, 6) is -0.413. The van der Waals surface area contributed by atoms with Crippen LogP contribution in [0.4, 0.5) is 17.1 Å². The van der Waals surface area contributed by atoms with E-state index in [0.717, 1.165) is 31.6 Å². The average molecular weight is 346 g/mol. The Morgan fingerprint density at radius 1 is 1.17 bits per heavy atom. The zero-order valence-electron chi connectivity index (χ0n) is 12.9. The van der Waals surface area contributed by atoms with E-state index < -0.39 is 10.8 Å². The Morgan fingerprint density at radius 3 is 2.58 bits per heavy atom. The second-order valence-electron chi connectivity index (χ2n) is 5.62. The standard InChI is InChI=1S/C17H16ClN3O3/c18-15-11-13(6-7-16(15)20-8-1-2-9-20)19-17(22)12-4-3-5-14(10-12)21(23)24/h3-7,10-11H,1-2,8-9H2,(H,19,22). The summed E-state index contributed by atoms with van der Waals surface area (Å²) in [5.41, 5.74) is 1.62. The van der Waals surface area contributed by atoms with Crippen LogP contribution in [0.15, 0.2) is 42.5 Å². The number of non-ortho nitro benzene ring substituents is 1. The molecule has 1 N–H and O–H groups in total. The van der Waals surface area contributed by atoms with Gasteiger partial charge in [-0.1, -0.05) is 17.7 Å². The van der Waals surface area contributed by atoms with Crippen molar-refractivity contribution in [2.45, 2.75) is 12.8 Å². The largest absolute Gasteiger partial charge is 0.370 e. The minimum absolute atomic E-state index is 0.120. The molecule has 6 nitrogen and oxygen atoms in total. The Hall–Kier alpha value is -2.60. The van der Waals surface area contributed by atoms with Crippen molar-refractivity contribution in [3.8, 4) is 0 Å². The number of nitro benzene ring substituents is 1. The normalized spacial score (nSPS) is 13.8. The molecule has 2 aromatic carbocycles. The fraction of sp³-hybridized carbons (Fsp3) is 0.235. The number of nitrogens with zero attached hydrogens (tertiary/aromatic N) is 2. The number of benzene rings is 2. The highest BCUT2D eigenvalue weighted by molar-refractivity contribution is 6.33. The van der Waals surface area contributed by atoms with Crippen molar-refractivity contribution in [3.63, 3.8) is 0 Å². The number of carbonyl (C=O) groups excluding carboxylic acids is 1. The number of carbonyl (C=O) groups is 1. The van der Waals surface area contributed by atoms with Crippen molar-refractivity contribution in [3.05, 3.63) is 63.2 Å². The van der Waals surface area contributed by atoms with E-state index in [-0.39, 0.29) is 11.3 Å². The third kappa shape index (κ3) is 3.49. The van der Waals surface area contributed by atoms with Gasteiger partial charge in [0, 0.05) is 36.5 Å². The summed E-state index contributed by atoms with van der Waals surface area (Å²) in [6.07, 6.45) is 2.31. The SMILES string of the molecule is O=C(Nc1ccc(N2CCCC2)c(Cl)c1)c1cccc([N+](=O)[O-])c1. The number of halogens is 1. The summed E-state index contributed by atoms with van der Waals surface area (Å²) in [5, 5.41) is 14.1. The summed E-state index contributed by atoms with van der Waals surface area (Å²) < 4.78 is 0. The van der Waals surface area contributed by atoms with Gasteiger partial charge in [0.15, 0.2) is 0 Å². The number of rotatable bonds is 4. The topological polar surface area (TPSA) is 75.5 Å². The zero-order valence-corrected chi connectivity index (χ0v) is 13.6. The lowest BCUT2D eigenvalue weighted by Gasteiger charge is -2.19. The Bertz CT molecular complexity index is 788. The van der Waals surface area contributed by atoms with Crippen molar-refractivity contribution in [1.82, 2.24) is 0 Å². The Morgan fingerprint density at radius 2 is 1.92 bits per heavy atom. The van der Waals surface area contributed by atoms with Crippen molar-refractivity contribution >= 4 is 34.6 Å². The summed E-state index contributed by atoms with van der Waals surface area (Å²) in [6.45, 7) is 1.97. The third-order valence-corrected chi connectivity index (χ3v) is 4.27. The molecule has 0 spiro atoms. The highest BCUT2D eigenvalue weighted by Crippen LogP contribution is 2.31. The molecule has 124 valence electrons. The second kappa shape index (κ2) is 6.88. The van der Waals surface area contributed by atoms with Crippen LogP contribution in [0.2, 0.25) is 5.02 Å². The predicted molar refractivity (Wildman–Crippen MR) is 93.9 cm³/mol. The molecule has 1 aliphatic heterocycles. The molecule has 3 rings (SSSR count). The van der Waals surface area contributed by atoms with Crippen LogP contribution in [0.25, 0.3) is 0 Å². The number of anilines is 2. The molecule has 7 heteroatoms. The molecule has 0 unspecified atom stereocenters. The van der Waals surface area contributed by atoms with Crippen LogP contribution < -0.4 is 10.2 Å². The molecule has 0 aliphatic carbocycles. The van der Waals surface area contributed by atoms with Gasteiger partial charge in [0.05, 0.1) is 15.6 Å². The smallest absolute Gasteiger partial charge is 0.270 e. The second-order valence-corrected chi connectivity index (χ2v) is 6.03. The maximum atomic E-state index is 12.3. The van der Waals surface area contributed by atoms with Crippen molar-refractivity contribution in [2.24, 2.45) is 0 Å². The van der Waals surface area contributed by atoms with E-state index in [1.807, 2.05) is 6.07 Å². The van der Waals surface area contributed by atoms with E-state index in [1.54, 1.807) is 12.1 Å². The van der Waals surface area contributed by atoms with Crippen molar-refractivity contribution < 1.29 is 9.72 Å². The van der Waals surface area contributed by atoms with E-state index in [9.17, 15) is 14.9 Å². The van der Waals surface area contributed by atoms with Crippen molar-refractivity contribution in [2.75, 3.05) is 23.3 Å². The maximum absolute atomic E-state index is 12.3. The summed E-state index contributed by atoms with van der Waals surface area (Å²) in [6, 6.07) is 11.0. The van der Waals surface area contributed by atoms with Crippen LogP contribution >= 0.6 is 11.6 Å². The minimum Gasteiger partial charge on any atom is -0.370 e. The maximum Gasteiger partial charge on any atom is 0.270 e. The fourth-order valence-electron chi connectivity index (χ4n) is 2.76. The molecule has 1 saturated heterocycles. The Kier molecular flexibility index (Phi) is 4.66. The van der Waals surface area contributed by atoms with E-state index >= 15 is 0 Å². The first-order chi connectivity index (χ1) is 11.5. The van der Waals surface area contributed by atoms with E-state index in [2.05, 4.69) is 10.2 Å². The van der Waals surface area contributed by atoms with Gasteiger partial charge in [-0.3, -0.25) is 14.9 Å². The quantitative estimate of drug-likeness (QED) is 0.668. The zero-order chi connectivity index (χ0) is 17.1. The molecule has 2 aromatic rings. The molecule has 1 amide bonds. The molecule has 1 heterocycles. The van der Waals surface area contributed by atoms with Gasteiger partial charge in [-0.05, 0) is 37.1 Å². The van der Waals surface area contributed by atoms with Crippen LogP contribution in [0.3, 0.4) is 0 Å². The molecule has 1 fully saturated rings. The molecule has 0 aromatic heterocycles. The number of hydrogen-bond acceptors (Lipinski definition) is 4. The van der Waals surface area contributed by atoms with Crippen LogP contribution in [0.5, 0.6) is 0 Å². The first-order valence-electron chi connectivity index (χ1n) is 7.65. The molecular weight excluding hydrogens is 330 g/mol. The van der Waals surface area contributed by atoms with E-state index in [4.69, 9.17) is 11.6 Å². The van der Waals surface area contributed by atoms with Gasteiger partial charge in [-0.2, -0.15) is 0 Å². The lowest BCUT2D eigenvalue weighted by Crippen LogP contribution is -2.18. The van der Waals surface area contributed by atoms with Crippen LogP contribution in [0.1, 0.15) is 23.2 Å². The molecule has 0 radical (unpaired) electrons. The first kappa shape index (κ1) is 16.3. The van der Waals surface area contributed by atoms with Crippen LogP contribution in [-0.4, -0.2) is 23.9 Å². The van der Waals surface area contributed by atoms with Gasteiger partial charge in [0.1, 0.15) is 0 Å². The molecule has 0 bridgehead atoms. The summed E-state index contributed by atoms with van der Waals surface area (Å²) >= 11 is 6.32. The van der Waals surface area contributed by atoms with Crippen LogP contribution in [0, 0.1) is 10.1 Å². The highest BCUT2D eigenvalue weighted by Gasteiger charge is 2.16. The lowest BCUT2D eigenvalue weighted by molar-refractivity contribution is -0.384. The number of nitrogens with one attached hydrogen (secondary N) is 1. The average Bonchev–Trinajstić information content (AvgIpc) is 3.09. The Balaban J connectivity index is 1.76. The van der Waals surface area contributed by atoms with Gasteiger partial charge in [-0.15, -0.1) is 0 Å². The lowest BCUT2D eigenvalue weighted by atomic mass is 10.2. The summed E-state index contributed by atoms with van der Waals surface area (Å²) in [7, 11) is 0. The molecule has 0 atom stereocenters. The van der Waals surface area contributed by atoms with E-state index in [1.165, 1.54) is 24.3 Å². The van der Waals surface area contributed by atoms with E-state index in [0.29, 0.717) is 10.7 Å². The van der Waals surface area contributed by atoms with Gasteiger partial charge >= 0.3 is 0 Å². The number of hydrogen-bond donors (Lipinski definition) is 1.